The van der Waals surface area contributed by atoms with Gasteiger partial charge >= 0.3 is 0 Å². The molecule has 11 nitrogen and oxygen atoms in total. The largest absolute Gasteiger partial charge is 0.337 e. The minimum atomic E-state index is -3.64. The minimum absolute atomic E-state index is 0.0415. The minimum Gasteiger partial charge on any atom is -0.337 e. The summed E-state index contributed by atoms with van der Waals surface area (Å²) < 4.78 is 28.3. The van der Waals surface area contributed by atoms with Gasteiger partial charge in [-0.15, -0.1) is 0 Å². The zero-order chi connectivity index (χ0) is 24.9. The van der Waals surface area contributed by atoms with Gasteiger partial charge in [-0.3, -0.25) is 14.7 Å². The van der Waals surface area contributed by atoms with E-state index in [2.05, 4.69) is 15.1 Å². The summed E-state index contributed by atoms with van der Waals surface area (Å²) in [4.78, 5) is 39.5. The molecule has 1 amide bonds. The lowest BCUT2D eigenvalue weighted by Crippen LogP contribution is -2.46. The number of nitrogens with zero attached hydrogens (tertiary/aromatic N) is 5. The molecule has 0 unspecified atom stereocenters. The Balaban J connectivity index is 1.18. The summed E-state index contributed by atoms with van der Waals surface area (Å²) in [6, 6.07) is 11.6. The van der Waals surface area contributed by atoms with Crippen LogP contribution in [0.5, 0.6) is 0 Å². The molecule has 2 N–H and O–H groups in total. The number of imidazole rings is 1. The van der Waals surface area contributed by atoms with E-state index in [1.807, 2.05) is 36.4 Å². The van der Waals surface area contributed by atoms with Crippen LogP contribution in [0.2, 0.25) is 0 Å². The highest BCUT2D eigenvalue weighted by Crippen LogP contribution is 2.26. The van der Waals surface area contributed by atoms with Crippen molar-refractivity contribution in [2.24, 2.45) is 5.92 Å². The van der Waals surface area contributed by atoms with E-state index in [0.717, 1.165) is 17.0 Å². The molecule has 12 heteroatoms. The number of amides is 1. The van der Waals surface area contributed by atoms with Crippen LogP contribution in [0.1, 0.15) is 24.1 Å². The second-order valence-electron chi connectivity index (χ2n) is 9.18. The van der Waals surface area contributed by atoms with Crippen molar-refractivity contribution in [3.05, 3.63) is 70.5 Å². The molecule has 0 saturated carbocycles. The van der Waals surface area contributed by atoms with Crippen molar-refractivity contribution < 1.29 is 13.2 Å². The maximum atomic E-state index is 13.3. The molecular weight excluding hydrogens is 482 g/mol. The van der Waals surface area contributed by atoms with E-state index in [1.165, 1.54) is 21.3 Å². The number of hydrogen-bond donors (Lipinski definition) is 2. The van der Waals surface area contributed by atoms with Crippen LogP contribution in [0, 0.1) is 5.92 Å². The Kier molecular flexibility index (Phi) is 5.49. The molecule has 0 spiro atoms. The molecule has 4 aromatic rings. The summed E-state index contributed by atoms with van der Waals surface area (Å²) in [5.41, 5.74) is 3.36. The molecule has 1 fully saturated rings. The fourth-order valence-electron chi connectivity index (χ4n) is 5.06. The standard InChI is InChI=1S/C24H25N7O4S/c32-23(17-6-10-30(11-7-17)36(34,35)22-13-25-15-26-22)29-9-8-19-18(14-29)24(33)31-21(27-19)12-20(28-31)16-4-2-1-3-5-16/h1-5,12-13,15,17,28H,6-11,14H2,(H,25,26). The van der Waals surface area contributed by atoms with E-state index in [0.29, 0.717) is 37.0 Å². The molecule has 1 aromatic carbocycles. The molecule has 5 heterocycles. The molecule has 0 bridgehead atoms. The first-order valence-corrected chi connectivity index (χ1v) is 13.3. The van der Waals surface area contributed by atoms with Gasteiger partial charge in [-0.2, -0.15) is 4.31 Å². The summed E-state index contributed by atoms with van der Waals surface area (Å²) in [6.45, 7) is 1.21. The molecule has 2 aliphatic heterocycles. The Morgan fingerprint density at radius 1 is 1.08 bits per heavy atom. The lowest BCUT2D eigenvalue weighted by molar-refractivity contribution is -0.137. The van der Waals surface area contributed by atoms with E-state index < -0.39 is 10.0 Å². The van der Waals surface area contributed by atoms with Gasteiger partial charge in [0.05, 0.1) is 36.0 Å². The third kappa shape index (κ3) is 3.82. The molecular formula is C24H25N7O4S. The van der Waals surface area contributed by atoms with Crippen LogP contribution in [-0.4, -0.2) is 67.7 Å². The van der Waals surface area contributed by atoms with Gasteiger partial charge in [0.25, 0.3) is 15.6 Å². The number of piperidine rings is 1. The number of carbonyl (C=O) groups is 1. The van der Waals surface area contributed by atoms with E-state index in [1.54, 1.807) is 4.90 Å². The Morgan fingerprint density at radius 3 is 2.58 bits per heavy atom. The summed E-state index contributed by atoms with van der Waals surface area (Å²) >= 11 is 0. The van der Waals surface area contributed by atoms with Crippen LogP contribution in [0.15, 0.2) is 58.7 Å². The number of rotatable bonds is 4. The van der Waals surface area contributed by atoms with Crippen molar-refractivity contribution in [3.8, 4) is 11.3 Å². The topological polar surface area (TPSA) is 137 Å². The first kappa shape index (κ1) is 22.7. The fraction of sp³-hybridized carbons (Fsp3) is 0.333. The third-order valence-corrected chi connectivity index (χ3v) is 8.88. The zero-order valence-electron chi connectivity index (χ0n) is 19.4. The van der Waals surface area contributed by atoms with Crippen molar-refractivity contribution in [1.29, 1.82) is 0 Å². The van der Waals surface area contributed by atoms with E-state index >= 15 is 0 Å². The molecule has 36 heavy (non-hydrogen) atoms. The number of benzene rings is 1. The van der Waals surface area contributed by atoms with Gasteiger partial charge in [0.15, 0.2) is 10.7 Å². The van der Waals surface area contributed by atoms with Crippen molar-refractivity contribution in [2.45, 2.75) is 30.8 Å². The van der Waals surface area contributed by atoms with Crippen molar-refractivity contribution in [2.75, 3.05) is 19.6 Å². The quantitative estimate of drug-likeness (QED) is 0.429. The molecule has 0 atom stereocenters. The molecule has 0 radical (unpaired) electrons. The van der Waals surface area contributed by atoms with Crippen LogP contribution in [0.3, 0.4) is 0 Å². The molecule has 186 valence electrons. The lowest BCUT2D eigenvalue weighted by atomic mass is 9.95. The second kappa shape index (κ2) is 8.71. The average molecular weight is 508 g/mol. The number of nitrogens with one attached hydrogen (secondary N) is 2. The number of carbonyl (C=O) groups excluding carboxylic acids is 1. The van der Waals surface area contributed by atoms with Gasteiger partial charge in [0.2, 0.25) is 5.91 Å². The van der Waals surface area contributed by atoms with Crippen molar-refractivity contribution >= 4 is 21.6 Å². The first-order valence-electron chi connectivity index (χ1n) is 11.9. The Hall–Kier alpha value is -3.77. The molecule has 3 aromatic heterocycles. The number of sulfonamides is 1. The van der Waals surface area contributed by atoms with Gasteiger partial charge in [-0.25, -0.2) is 22.9 Å². The van der Waals surface area contributed by atoms with Crippen LogP contribution >= 0.6 is 0 Å². The SMILES string of the molecule is O=C(C1CCN(S(=O)(=O)c2cnc[nH]2)CC1)N1CCc2nc3cc(-c4ccccc4)[nH]n3c(=O)c2C1. The predicted molar refractivity (Wildman–Crippen MR) is 130 cm³/mol. The molecule has 0 aliphatic carbocycles. The highest BCUT2D eigenvalue weighted by molar-refractivity contribution is 7.89. The van der Waals surface area contributed by atoms with Crippen LogP contribution in [-0.2, 0) is 27.8 Å². The van der Waals surface area contributed by atoms with Crippen LogP contribution < -0.4 is 5.56 Å². The van der Waals surface area contributed by atoms with Gasteiger partial charge < -0.3 is 9.88 Å². The third-order valence-electron chi connectivity index (χ3n) is 7.05. The Bertz CT molecular complexity index is 1580. The highest BCUT2D eigenvalue weighted by Gasteiger charge is 2.36. The molecule has 2 aliphatic rings. The fourth-order valence-corrected chi connectivity index (χ4v) is 6.43. The summed E-state index contributed by atoms with van der Waals surface area (Å²) in [7, 11) is -3.64. The zero-order valence-corrected chi connectivity index (χ0v) is 20.2. The Morgan fingerprint density at radius 2 is 1.86 bits per heavy atom. The van der Waals surface area contributed by atoms with Gasteiger partial charge in [0.1, 0.15) is 0 Å². The summed E-state index contributed by atoms with van der Waals surface area (Å²) in [5.74, 6) is -0.324. The van der Waals surface area contributed by atoms with Gasteiger partial charge in [0, 0.05) is 38.0 Å². The average Bonchev–Trinajstić information content (AvgIpc) is 3.60. The van der Waals surface area contributed by atoms with E-state index in [9.17, 15) is 18.0 Å². The monoisotopic (exact) mass is 507 g/mol. The second-order valence-corrected chi connectivity index (χ2v) is 11.1. The van der Waals surface area contributed by atoms with Crippen LogP contribution in [0.4, 0.5) is 0 Å². The number of fused-ring (bicyclic) bond motifs is 2. The predicted octanol–water partition coefficient (Wildman–Crippen LogP) is 1.40. The number of aromatic amines is 2. The molecule has 6 rings (SSSR count). The van der Waals surface area contributed by atoms with E-state index in [4.69, 9.17) is 4.98 Å². The number of aromatic nitrogens is 5. The lowest BCUT2D eigenvalue weighted by Gasteiger charge is -2.35. The maximum Gasteiger partial charge on any atom is 0.277 e. The number of H-pyrrole nitrogens is 2. The molecule has 1 saturated heterocycles. The summed E-state index contributed by atoms with van der Waals surface area (Å²) in [6.07, 6.45) is 3.99. The highest BCUT2D eigenvalue weighted by atomic mass is 32.2. The smallest absolute Gasteiger partial charge is 0.277 e. The van der Waals surface area contributed by atoms with Crippen LogP contribution in [0.25, 0.3) is 16.9 Å². The van der Waals surface area contributed by atoms with Gasteiger partial charge in [-0.1, -0.05) is 30.3 Å². The maximum absolute atomic E-state index is 13.3. The summed E-state index contributed by atoms with van der Waals surface area (Å²) in [5, 5.41) is 3.19. The van der Waals surface area contributed by atoms with Crippen molar-refractivity contribution in [3.63, 3.8) is 0 Å². The van der Waals surface area contributed by atoms with Gasteiger partial charge in [-0.05, 0) is 18.4 Å². The number of hydrogen-bond acceptors (Lipinski definition) is 6. The normalized spacial score (nSPS) is 17.4. The van der Waals surface area contributed by atoms with Crippen molar-refractivity contribution in [1.82, 2.24) is 33.8 Å². The Labute approximate surface area is 206 Å². The first-order chi connectivity index (χ1) is 17.4. The van der Waals surface area contributed by atoms with E-state index in [-0.39, 0.29) is 42.0 Å².